The number of hydrogen-bond acceptors (Lipinski definition) is 3. The van der Waals surface area contributed by atoms with Crippen LogP contribution >= 0.6 is 11.3 Å². The molecule has 1 aliphatic carbocycles. The Bertz CT molecular complexity index is 2700. The monoisotopic (exact) mass is 705 g/mol. The van der Waals surface area contributed by atoms with Gasteiger partial charge in [0, 0.05) is 37.7 Å². The SMILES string of the molecule is CC1(C)c2cc(N3C4=C(CCCC4)Oc4ccccc43)ccc2B2c3cc(-c4cccc5c4sc4ccccc45)ccc3[Si](C)(C)c3cccc1c32. The fourth-order valence-corrected chi connectivity index (χ4v) is 14.7. The van der Waals surface area contributed by atoms with Gasteiger partial charge in [0.05, 0.1) is 11.4 Å². The predicted octanol–water partition coefficient (Wildman–Crippen LogP) is 9.33. The van der Waals surface area contributed by atoms with E-state index in [-0.39, 0.29) is 12.1 Å². The minimum atomic E-state index is -2.00. The zero-order chi connectivity index (χ0) is 34.9. The van der Waals surface area contributed by atoms with Crippen molar-refractivity contribution in [3.63, 3.8) is 0 Å². The van der Waals surface area contributed by atoms with Gasteiger partial charge in [0.15, 0.2) is 5.75 Å². The Morgan fingerprint density at radius 1 is 0.712 bits per heavy atom. The van der Waals surface area contributed by atoms with Gasteiger partial charge in [-0.15, -0.1) is 11.3 Å². The number of thiophene rings is 1. The maximum absolute atomic E-state index is 6.54. The summed E-state index contributed by atoms with van der Waals surface area (Å²) in [5.74, 6) is 2.11. The molecule has 4 aliphatic rings. The number of benzene rings is 6. The Labute approximate surface area is 311 Å². The van der Waals surface area contributed by atoms with Gasteiger partial charge in [-0.05, 0) is 71.8 Å². The summed E-state index contributed by atoms with van der Waals surface area (Å²) in [6, 6.07) is 46.5. The molecule has 52 heavy (non-hydrogen) atoms. The fraction of sp³-hybridized carbons (Fsp3) is 0.191. The van der Waals surface area contributed by atoms with Crippen molar-refractivity contribution in [3.05, 3.63) is 144 Å². The summed E-state index contributed by atoms with van der Waals surface area (Å²) in [4.78, 5) is 2.52. The molecule has 0 saturated carbocycles. The van der Waals surface area contributed by atoms with Crippen LogP contribution in [-0.2, 0) is 5.41 Å². The van der Waals surface area contributed by atoms with Crippen LogP contribution in [0.5, 0.6) is 5.75 Å². The van der Waals surface area contributed by atoms with Gasteiger partial charge in [0.2, 0.25) is 6.71 Å². The molecule has 0 N–H and O–H groups in total. The Balaban J connectivity index is 1.14. The third kappa shape index (κ3) is 4.12. The fourth-order valence-electron chi connectivity index (χ4n) is 10.2. The van der Waals surface area contributed by atoms with E-state index in [1.807, 2.05) is 11.3 Å². The van der Waals surface area contributed by atoms with E-state index in [0.29, 0.717) is 0 Å². The second-order valence-electron chi connectivity index (χ2n) is 16.3. The van der Waals surface area contributed by atoms with Gasteiger partial charge in [-0.1, -0.05) is 145 Å². The Kier molecular flexibility index (Phi) is 6.42. The van der Waals surface area contributed by atoms with Crippen molar-refractivity contribution >= 4 is 84.4 Å². The molecule has 0 saturated heterocycles. The van der Waals surface area contributed by atoms with Crippen LogP contribution in [0.3, 0.4) is 0 Å². The molecule has 1 aromatic heterocycles. The summed E-state index contributed by atoms with van der Waals surface area (Å²) < 4.78 is 9.27. The first-order valence-corrected chi connectivity index (χ1v) is 22.7. The summed E-state index contributed by atoms with van der Waals surface area (Å²) in [5.41, 5.74) is 13.7. The number of para-hydroxylation sites is 2. The number of hydrogen-bond donors (Lipinski definition) is 0. The maximum Gasteiger partial charge on any atom is 0.241 e. The molecule has 4 heterocycles. The van der Waals surface area contributed by atoms with Crippen LogP contribution in [0.15, 0.2) is 133 Å². The summed E-state index contributed by atoms with van der Waals surface area (Å²) in [6.45, 7) is 10.3. The normalized spacial score (nSPS) is 17.6. The highest BCUT2D eigenvalue weighted by molar-refractivity contribution is 7.26. The number of ether oxygens (including phenoxy) is 1. The molecule has 11 rings (SSSR count). The number of allylic oxidation sites excluding steroid dienone is 2. The third-order valence-electron chi connectivity index (χ3n) is 12.8. The third-order valence-corrected chi connectivity index (χ3v) is 17.6. The zero-order valence-electron chi connectivity index (χ0n) is 30.2. The molecule has 5 heteroatoms. The van der Waals surface area contributed by atoms with Crippen LogP contribution in [0.4, 0.5) is 11.4 Å². The van der Waals surface area contributed by atoms with Gasteiger partial charge < -0.3 is 9.64 Å². The topological polar surface area (TPSA) is 12.5 Å². The highest BCUT2D eigenvalue weighted by atomic mass is 32.1. The Hall–Kier alpha value is -4.84. The second kappa shape index (κ2) is 10.8. The van der Waals surface area contributed by atoms with E-state index in [9.17, 15) is 0 Å². The van der Waals surface area contributed by atoms with Crippen LogP contribution in [0.25, 0.3) is 31.3 Å². The molecule has 0 bridgehead atoms. The molecule has 252 valence electrons. The lowest BCUT2D eigenvalue weighted by molar-refractivity contribution is 0.363. The van der Waals surface area contributed by atoms with Crippen LogP contribution < -0.4 is 36.4 Å². The van der Waals surface area contributed by atoms with Gasteiger partial charge in [0.1, 0.15) is 13.8 Å². The van der Waals surface area contributed by atoms with Gasteiger partial charge in [-0.3, -0.25) is 0 Å². The molecular formula is C47H40BNOSSi. The van der Waals surface area contributed by atoms with Crippen molar-refractivity contribution in [2.75, 3.05) is 4.90 Å². The number of nitrogens with zero attached hydrogens (tertiary/aromatic N) is 1. The predicted molar refractivity (Wildman–Crippen MR) is 226 cm³/mol. The molecule has 0 radical (unpaired) electrons. The van der Waals surface area contributed by atoms with Crippen molar-refractivity contribution in [1.82, 2.24) is 0 Å². The quantitative estimate of drug-likeness (QED) is 0.166. The van der Waals surface area contributed by atoms with Gasteiger partial charge in [0.25, 0.3) is 0 Å². The molecule has 0 spiro atoms. The molecule has 7 aromatic rings. The van der Waals surface area contributed by atoms with Crippen molar-refractivity contribution in [2.24, 2.45) is 0 Å². The molecular weight excluding hydrogens is 665 g/mol. The van der Waals surface area contributed by atoms with Crippen LogP contribution in [0.1, 0.15) is 50.7 Å². The first-order chi connectivity index (χ1) is 25.3. The lowest BCUT2D eigenvalue weighted by atomic mass is 9.31. The molecule has 0 fully saturated rings. The average molecular weight is 706 g/mol. The van der Waals surface area contributed by atoms with Gasteiger partial charge in [-0.25, -0.2) is 0 Å². The summed E-state index contributed by atoms with van der Waals surface area (Å²) in [7, 11) is -2.00. The van der Waals surface area contributed by atoms with Crippen LogP contribution in [0.2, 0.25) is 13.1 Å². The van der Waals surface area contributed by atoms with Crippen molar-refractivity contribution in [1.29, 1.82) is 0 Å². The standard InChI is InChI=1S/C47H40BNOSSi/c1-47(2)34-16-12-22-44-45(34)48(36-25-24-30(28-35(36)47)49-38-17-6-8-19-40(38)50-41-20-9-7-18-39(41)49)37-27-29(23-26-43(37)52(44,3)4)31-14-11-15-33-32-13-5-10-21-42(32)51-46(31)33/h5-6,8,10-17,19,21-28H,7,9,18,20H2,1-4H3. The number of fused-ring (bicyclic) bond motifs is 8. The first-order valence-electron chi connectivity index (χ1n) is 18.9. The highest BCUT2D eigenvalue weighted by Crippen LogP contribution is 2.47. The summed E-state index contributed by atoms with van der Waals surface area (Å²) in [6.07, 6.45) is 4.43. The summed E-state index contributed by atoms with van der Waals surface area (Å²) >= 11 is 1.93. The molecule has 0 amide bonds. The smallest absolute Gasteiger partial charge is 0.241 e. The molecule has 0 atom stereocenters. The van der Waals surface area contributed by atoms with E-state index in [4.69, 9.17) is 4.74 Å². The van der Waals surface area contributed by atoms with E-state index < -0.39 is 8.07 Å². The van der Waals surface area contributed by atoms with Crippen LogP contribution in [0, 0.1) is 0 Å². The number of rotatable bonds is 2. The number of anilines is 2. The maximum atomic E-state index is 6.54. The minimum Gasteiger partial charge on any atom is -0.458 e. The van der Waals surface area contributed by atoms with E-state index in [1.54, 1.807) is 15.8 Å². The van der Waals surface area contributed by atoms with Crippen molar-refractivity contribution < 1.29 is 4.74 Å². The van der Waals surface area contributed by atoms with Crippen molar-refractivity contribution in [2.45, 2.75) is 58.0 Å². The first kappa shape index (κ1) is 30.8. The minimum absolute atomic E-state index is 0.148. The Morgan fingerprint density at radius 2 is 1.52 bits per heavy atom. The zero-order valence-corrected chi connectivity index (χ0v) is 32.0. The second-order valence-corrected chi connectivity index (χ2v) is 21.7. The lowest BCUT2D eigenvalue weighted by Gasteiger charge is -2.46. The molecule has 6 aromatic carbocycles. The molecule has 2 nitrogen and oxygen atoms in total. The lowest BCUT2D eigenvalue weighted by Crippen LogP contribution is -2.79. The van der Waals surface area contributed by atoms with Crippen LogP contribution in [-0.4, -0.2) is 14.8 Å². The van der Waals surface area contributed by atoms with Crippen molar-refractivity contribution in [3.8, 4) is 16.9 Å². The van der Waals surface area contributed by atoms with E-state index in [2.05, 4.69) is 153 Å². The average Bonchev–Trinajstić information content (AvgIpc) is 3.55. The van der Waals surface area contributed by atoms with E-state index in [1.165, 1.54) is 77.6 Å². The largest absolute Gasteiger partial charge is 0.458 e. The Morgan fingerprint density at radius 3 is 2.44 bits per heavy atom. The molecule has 3 aliphatic heterocycles. The molecule has 0 unspecified atom stereocenters. The summed E-state index contributed by atoms with van der Waals surface area (Å²) in [5, 5.41) is 5.89. The van der Waals surface area contributed by atoms with Gasteiger partial charge >= 0.3 is 0 Å². The highest BCUT2D eigenvalue weighted by Gasteiger charge is 2.49. The van der Waals surface area contributed by atoms with E-state index >= 15 is 0 Å². The van der Waals surface area contributed by atoms with E-state index in [0.717, 1.165) is 30.0 Å². The van der Waals surface area contributed by atoms with Gasteiger partial charge in [-0.2, -0.15) is 0 Å².